The third kappa shape index (κ3) is 5.34. The van der Waals surface area contributed by atoms with Gasteiger partial charge in [-0.15, -0.1) is 0 Å². The van der Waals surface area contributed by atoms with Crippen molar-refractivity contribution < 1.29 is 19.3 Å². The van der Waals surface area contributed by atoms with Crippen molar-refractivity contribution in [3.63, 3.8) is 0 Å². The first kappa shape index (κ1) is 29.4. The lowest BCUT2D eigenvalue weighted by molar-refractivity contribution is -0.384. The van der Waals surface area contributed by atoms with Gasteiger partial charge in [0.2, 0.25) is 17.7 Å². The Kier molecular flexibility index (Phi) is 7.82. The number of nitro benzene ring substituents is 1. The zero-order valence-electron chi connectivity index (χ0n) is 21.5. The average Bonchev–Trinajstić information content (AvgIpc) is 3.41. The Hall–Kier alpha value is -3.68. The number of thiazole rings is 1. The molecule has 1 saturated heterocycles. The van der Waals surface area contributed by atoms with Crippen LogP contribution < -0.4 is 15.1 Å². The molecule has 2 aliphatic rings. The smallest absolute Gasteiger partial charge is 0.308 e. The minimum absolute atomic E-state index is 0.181. The molecule has 43 heavy (non-hydrogen) atoms. The van der Waals surface area contributed by atoms with Crippen molar-refractivity contribution in [3.05, 3.63) is 112 Å². The van der Waals surface area contributed by atoms with Crippen molar-refractivity contribution in [2.45, 2.75) is 22.7 Å². The molecule has 0 spiro atoms. The number of hydrogen-bond acceptors (Lipinski definition) is 8. The third-order valence-electron chi connectivity index (χ3n) is 7.10. The fourth-order valence-electron chi connectivity index (χ4n) is 5.18. The summed E-state index contributed by atoms with van der Waals surface area (Å²) in [5, 5.41) is 14.4. The van der Waals surface area contributed by atoms with E-state index in [1.165, 1.54) is 41.0 Å². The highest BCUT2D eigenvalue weighted by atomic mass is 35.5. The van der Waals surface area contributed by atoms with Crippen LogP contribution in [-0.4, -0.2) is 32.5 Å². The van der Waals surface area contributed by atoms with Gasteiger partial charge in [0, 0.05) is 33.6 Å². The van der Waals surface area contributed by atoms with Crippen LogP contribution in [0.4, 0.5) is 17.1 Å². The predicted octanol–water partition coefficient (Wildman–Crippen LogP) is 6.21. The van der Waals surface area contributed by atoms with Crippen molar-refractivity contribution >= 4 is 92.7 Å². The molecular weight excluding hydrogens is 659 g/mol. The molecule has 1 aromatic heterocycles. The molecule has 0 saturated carbocycles. The molecule has 0 bridgehead atoms. The number of hydrogen-bond donors (Lipinski definition) is 1. The van der Waals surface area contributed by atoms with Crippen LogP contribution in [0.15, 0.2) is 76.6 Å². The molecule has 10 nitrogen and oxygen atoms in total. The molecule has 3 heterocycles. The summed E-state index contributed by atoms with van der Waals surface area (Å²) >= 11 is 20.1. The van der Waals surface area contributed by atoms with Crippen LogP contribution in [-0.2, 0) is 20.9 Å². The summed E-state index contributed by atoms with van der Waals surface area (Å²) in [7, 11) is 0. The van der Waals surface area contributed by atoms with Crippen LogP contribution in [0.5, 0.6) is 0 Å². The standard InChI is InChI=1S/C28H17Cl3N4O6S2/c29-14-3-1-13(2-4-14)21-22-23(26(38)34(25(22)37)16-6-8-17(9-7-16)35(40)41)42-27-24(21)43-28(39)33(27)12-20(36)32-15-5-10-18(30)19(31)11-15/h1-11,21-23H,12H2,(H,32,36). The van der Waals surface area contributed by atoms with Crippen molar-refractivity contribution in [2.75, 3.05) is 10.2 Å². The Morgan fingerprint density at radius 1 is 0.930 bits per heavy atom. The van der Waals surface area contributed by atoms with E-state index in [-0.39, 0.29) is 22.9 Å². The molecule has 2 aliphatic heterocycles. The van der Waals surface area contributed by atoms with Crippen molar-refractivity contribution in [1.29, 1.82) is 0 Å². The SMILES string of the molecule is O=C(Cn1c2c(sc1=O)C(c1ccc(Cl)cc1)C1C(=O)N(c3ccc([N+](=O)[O-])cc3)C(=O)C1S2)Nc1ccc(Cl)c(Cl)c1. The summed E-state index contributed by atoms with van der Waals surface area (Å²) in [5.74, 6) is -3.09. The zero-order chi connectivity index (χ0) is 30.6. The van der Waals surface area contributed by atoms with E-state index >= 15 is 0 Å². The maximum atomic E-state index is 13.9. The van der Waals surface area contributed by atoms with Crippen LogP contribution in [0, 0.1) is 16.0 Å². The van der Waals surface area contributed by atoms with E-state index in [0.29, 0.717) is 31.2 Å². The van der Waals surface area contributed by atoms with Gasteiger partial charge in [0.15, 0.2) is 0 Å². The summed E-state index contributed by atoms with van der Waals surface area (Å²) in [6.45, 7) is -0.350. The molecule has 4 aromatic rings. The van der Waals surface area contributed by atoms with Gasteiger partial charge in [0.05, 0.1) is 31.6 Å². The number of non-ortho nitro benzene ring substituents is 1. The Balaban J connectivity index is 1.39. The van der Waals surface area contributed by atoms with E-state index < -0.39 is 44.6 Å². The lowest BCUT2D eigenvalue weighted by Crippen LogP contribution is -2.33. The number of amides is 3. The van der Waals surface area contributed by atoms with Gasteiger partial charge in [-0.3, -0.25) is 33.9 Å². The number of thioether (sulfide) groups is 1. The molecule has 1 N–H and O–H groups in total. The normalized spacial score (nSPS) is 19.2. The maximum Gasteiger partial charge on any atom is 0.308 e. The van der Waals surface area contributed by atoms with Gasteiger partial charge in [-0.2, -0.15) is 0 Å². The molecular formula is C28H17Cl3N4O6S2. The van der Waals surface area contributed by atoms with E-state index in [9.17, 15) is 29.3 Å². The van der Waals surface area contributed by atoms with Crippen molar-refractivity contribution in [2.24, 2.45) is 5.92 Å². The number of anilines is 2. The number of aromatic nitrogens is 1. The Bertz CT molecular complexity index is 1880. The molecule has 3 amide bonds. The molecule has 1 fully saturated rings. The molecule has 0 radical (unpaired) electrons. The third-order valence-corrected chi connectivity index (χ3v) is 10.7. The topological polar surface area (TPSA) is 132 Å². The summed E-state index contributed by atoms with van der Waals surface area (Å²) in [5.41, 5.74) is 1.08. The predicted molar refractivity (Wildman–Crippen MR) is 166 cm³/mol. The summed E-state index contributed by atoms with van der Waals surface area (Å²) < 4.78 is 1.29. The fourth-order valence-corrected chi connectivity index (χ4v) is 8.38. The number of benzene rings is 3. The quantitative estimate of drug-likeness (QED) is 0.146. The molecule has 3 atom stereocenters. The zero-order valence-corrected chi connectivity index (χ0v) is 25.4. The number of carbonyl (C=O) groups excluding carboxylic acids is 3. The largest absolute Gasteiger partial charge is 0.324 e. The van der Waals surface area contributed by atoms with Gasteiger partial charge in [-0.25, -0.2) is 4.90 Å². The van der Waals surface area contributed by atoms with Gasteiger partial charge in [0.25, 0.3) is 5.69 Å². The number of imide groups is 1. The average molecular weight is 676 g/mol. The molecule has 15 heteroatoms. The van der Waals surface area contributed by atoms with Crippen LogP contribution in [0.2, 0.25) is 15.1 Å². The Labute approximate surface area is 266 Å². The van der Waals surface area contributed by atoms with Gasteiger partial charge < -0.3 is 5.32 Å². The van der Waals surface area contributed by atoms with Gasteiger partial charge >= 0.3 is 4.87 Å². The number of fused-ring (bicyclic) bond motifs is 2. The van der Waals surface area contributed by atoms with Crippen LogP contribution in [0.1, 0.15) is 16.4 Å². The Morgan fingerprint density at radius 3 is 2.28 bits per heavy atom. The second-order valence-corrected chi connectivity index (χ2v) is 13.1. The number of nitro groups is 1. The van der Waals surface area contributed by atoms with Gasteiger partial charge in [-0.1, -0.05) is 70.0 Å². The summed E-state index contributed by atoms with van der Waals surface area (Å²) in [6.07, 6.45) is 0. The Morgan fingerprint density at radius 2 is 1.63 bits per heavy atom. The minimum atomic E-state index is -0.922. The van der Waals surface area contributed by atoms with Crippen molar-refractivity contribution in [1.82, 2.24) is 4.57 Å². The van der Waals surface area contributed by atoms with Crippen LogP contribution in [0.3, 0.4) is 0 Å². The lowest BCUT2D eigenvalue weighted by Gasteiger charge is -2.30. The summed E-state index contributed by atoms with van der Waals surface area (Å²) in [6, 6.07) is 16.5. The number of carbonyl (C=O) groups is 3. The molecule has 6 rings (SSSR count). The van der Waals surface area contributed by atoms with Gasteiger partial charge in [-0.05, 0) is 48.0 Å². The van der Waals surface area contributed by atoms with E-state index in [0.717, 1.165) is 28.0 Å². The highest BCUT2D eigenvalue weighted by molar-refractivity contribution is 8.00. The first-order valence-corrected chi connectivity index (χ1v) is 15.4. The number of halogens is 3. The first-order valence-electron chi connectivity index (χ1n) is 12.6. The van der Waals surface area contributed by atoms with Crippen LogP contribution in [0.25, 0.3) is 0 Å². The van der Waals surface area contributed by atoms with Crippen LogP contribution >= 0.6 is 57.9 Å². The lowest BCUT2D eigenvalue weighted by atomic mass is 9.83. The van der Waals surface area contributed by atoms with Crippen molar-refractivity contribution in [3.8, 4) is 0 Å². The number of nitrogens with zero attached hydrogens (tertiary/aromatic N) is 3. The minimum Gasteiger partial charge on any atom is -0.324 e. The summed E-state index contributed by atoms with van der Waals surface area (Å²) in [4.78, 5) is 65.7. The van der Waals surface area contributed by atoms with E-state index in [1.54, 1.807) is 30.3 Å². The highest BCUT2D eigenvalue weighted by Gasteiger charge is 2.56. The molecule has 218 valence electrons. The fraction of sp³-hybridized carbons (Fsp3) is 0.143. The number of rotatable bonds is 6. The highest BCUT2D eigenvalue weighted by Crippen LogP contribution is 2.54. The molecule has 0 aliphatic carbocycles. The first-order chi connectivity index (χ1) is 20.5. The van der Waals surface area contributed by atoms with E-state index in [2.05, 4.69) is 5.32 Å². The number of nitrogens with one attached hydrogen (secondary N) is 1. The van der Waals surface area contributed by atoms with Gasteiger partial charge in [0.1, 0.15) is 11.8 Å². The molecule has 3 unspecified atom stereocenters. The maximum absolute atomic E-state index is 13.9. The molecule has 3 aromatic carbocycles. The second kappa shape index (κ2) is 11.4. The second-order valence-electron chi connectivity index (χ2n) is 9.68. The van der Waals surface area contributed by atoms with E-state index in [4.69, 9.17) is 34.8 Å². The van der Waals surface area contributed by atoms with E-state index in [1.807, 2.05) is 0 Å². The monoisotopic (exact) mass is 674 g/mol.